The Bertz CT molecular complexity index is 585. The van der Waals surface area contributed by atoms with Crippen molar-refractivity contribution in [1.29, 1.82) is 0 Å². The summed E-state index contributed by atoms with van der Waals surface area (Å²) in [6.07, 6.45) is 1.47. The Morgan fingerprint density at radius 1 is 1.44 bits per heavy atom. The van der Waals surface area contributed by atoms with Crippen molar-refractivity contribution in [3.05, 3.63) is 18.1 Å². The van der Waals surface area contributed by atoms with Crippen LogP contribution in [0.2, 0.25) is 0 Å². The van der Waals surface area contributed by atoms with Crippen LogP contribution in [0.5, 0.6) is 0 Å². The zero-order chi connectivity index (χ0) is 13.3. The number of fused-ring (bicyclic) bond motifs is 1. The van der Waals surface area contributed by atoms with Gasteiger partial charge in [-0.15, -0.1) is 0 Å². The van der Waals surface area contributed by atoms with Gasteiger partial charge < -0.3 is 0 Å². The summed E-state index contributed by atoms with van der Waals surface area (Å²) in [6.45, 7) is 7.70. The lowest BCUT2D eigenvalue weighted by atomic mass is 9.92. The third-order valence-corrected chi connectivity index (χ3v) is 3.53. The van der Waals surface area contributed by atoms with Crippen molar-refractivity contribution in [2.75, 3.05) is 5.75 Å². The fourth-order valence-electron chi connectivity index (χ4n) is 1.36. The Balaban J connectivity index is 2.22. The molecule has 0 fully saturated rings. The van der Waals surface area contributed by atoms with Gasteiger partial charge >= 0.3 is 0 Å². The number of aromatic nitrogens is 4. The summed E-state index contributed by atoms with van der Waals surface area (Å²) in [7, 11) is 0. The summed E-state index contributed by atoms with van der Waals surface area (Å²) >= 11 is 1.47. The number of aryl methyl sites for hydroxylation is 1. The van der Waals surface area contributed by atoms with E-state index in [4.69, 9.17) is 0 Å². The standard InChI is InChI=1S/C12H16N4OS/c1-8-5-10(16-11(15-8)13-7-14-16)18-6-9(17)12(2,3)4/h5,7H,6H2,1-4H3. The van der Waals surface area contributed by atoms with Crippen molar-refractivity contribution in [3.8, 4) is 0 Å². The fraction of sp³-hybridized carbons (Fsp3) is 0.500. The molecule has 0 unspecified atom stereocenters. The fourth-order valence-corrected chi connectivity index (χ4v) is 2.57. The van der Waals surface area contributed by atoms with E-state index in [1.807, 2.05) is 33.8 Å². The molecule has 18 heavy (non-hydrogen) atoms. The molecule has 0 amide bonds. The first kappa shape index (κ1) is 13.0. The first-order valence-electron chi connectivity index (χ1n) is 5.71. The summed E-state index contributed by atoms with van der Waals surface area (Å²) in [5.41, 5.74) is 0.567. The Labute approximate surface area is 110 Å². The molecule has 0 aliphatic carbocycles. The molecule has 2 aromatic heterocycles. The molecule has 0 spiro atoms. The Morgan fingerprint density at radius 3 is 2.83 bits per heavy atom. The van der Waals surface area contributed by atoms with Gasteiger partial charge in [0.05, 0.1) is 5.75 Å². The summed E-state index contributed by atoms with van der Waals surface area (Å²) in [4.78, 5) is 20.2. The molecule has 0 aromatic carbocycles. The highest BCUT2D eigenvalue weighted by molar-refractivity contribution is 7.99. The molecule has 2 heterocycles. The Hall–Kier alpha value is -1.43. The summed E-state index contributed by atoms with van der Waals surface area (Å²) in [6, 6.07) is 1.92. The highest BCUT2D eigenvalue weighted by Gasteiger charge is 2.21. The monoisotopic (exact) mass is 264 g/mol. The van der Waals surface area contributed by atoms with Gasteiger partial charge in [-0.3, -0.25) is 4.79 Å². The quantitative estimate of drug-likeness (QED) is 0.628. The van der Waals surface area contributed by atoms with Gasteiger partial charge in [-0.1, -0.05) is 32.5 Å². The molecule has 96 valence electrons. The Kier molecular flexibility index (Phi) is 3.38. The molecule has 0 aliphatic heterocycles. The van der Waals surface area contributed by atoms with Gasteiger partial charge in [-0.2, -0.15) is 14.6 Å². The van der Waals surface area contributed by atoms with Gasteiger partial charge in [0, 0.05) is 11.1 Å². The van der Waals surface area contributed by atoms with E-state index in [0.717, 1.165) is 10.7 Å². The van der Waals surface area contributed by atoms with Crippen LogP contribution in [0.25, 0.3) is 5.78 Å². The average molecular weight is 264 g/mol. The third-order valence-electron chi connectivity index (χ3n) is 2.53. The minimum Gasteiger partial charge on any atom is -0.298 e. The minimum absolute atomic E-state index is 0.218. The molecule has 0 saturated carbocycles. The average Bonchev–Trinajstić information content (AvgIpc) is 2.71. The van der Waals surface area contributed by atoms with Crippen LogP contribution in [0.15, 0.2) is 17.4 Å². The van der Waals surface area contributed by atoms with Crippen LogP contribution >= 0.6 is 11.8 Å². The number of carbonyl (C=O) groups is 1. The van der Waals surface area contributed by atoms with E-state index in [1.165, 1.54) is 18.1 Å². The molecule has 5 nitrogen and oxygen atoms in total. The normalized spacial score (nSPS) is 12.0. The molecule has 0 bridgehead atoms. The van der Waals surface area contributed by atoms with Gasteiger partial charge in [-0.25, -0.2) is 4.98 Å². The number of hydrogen-bond donors (Lipinski definition) is 0. The lowest BCUT2D eigenvalue weighted by molar-refractivity contribution is -0.123. The molecule has 6 heteroatoms. The van der Waals surface area contributed by atoms with Crippen molar-refractivity contribution in [3.63, 3.8) is 0 Å². The molecule has 2 aromatic rings. The predicted molar refractivity (Wildman–Crippen MR) is 70.7 cm³/mol. The highest BCUT2D eigenvalue weighted by Crippen LogP contribution is 2.23. The van der Waals surface area contributed by atoms with Crippen LogP contribution in [0, 0.1) is 12.3 Å². The van der Waals surface area contributed by atoms with E-state index >= 15 is 0 Å². The zero-order valence-electron chi connectivity index (χ0n) is 11.0. The number of carbonyl (C=O) groups excluding carboxylic acids is 1. The minimum atomic E-state index is -0.309. The van der Waals surface area contributed by atoms with E-state index in [9.17, 15) is 4.79 Å². The second-order valence-electron chi connectivity index (χ2n) is 5.17. The highest BCUT2D eigenvalue weighted by atomic mass is 32.2. The predicted octanol–water partition coefficient (Wildman–Crippen LogP) is 2.14. The van der Waals surface area contributed by atoms with Gasteiger partial charge in [0.1, 0.15) is 17.1 Å². The van der Waals surface area contributed by atoms with Crippen molar-refractivity contribution in [1.82, 2.24) is 19.6 Å². The lowest BCUT2D eigenvalue weighted by Crippen LogP contribution is -2.22. The van der Waals surface area contributed by atoms with Crippen molar-refractivity contribution in [2.24, 2.45) is 5.41 Å². The first-order valence-corrected chi connectivity index (χ1v) is 6.70. The second-order valence-corrected chi connectivity index (χ2v) is 6.17. The van der Waals surface area contributed by atoms with E-state index in [2.05, 4.69) is 15.1 Å². The van der Waals surface area contributed by atoms with E-state index in [-0.39, 0.29) is 11.2 Å². The maximum absolute atomic E-state index is 11.9. The number of rotatable bonds is 3. The maximum atomic E-state index is 11.9. The summed E-state index contributed by atoms with van der Waals surface area (Å²) < 4.78 is 1.66. The van der Waals surface area contributed by atoms with Crippen LogP contribution in [0.3, 0.4) is 0 Å². The van der Waals surface area contributed by atoms with Crippen molar-refractivity contribution >= 4 is 23.3 Å². The number of thioether (sulfide) groups is 1. The zero-order valence-corrected chi connectivity index (χ0v) is 11.8. The SMILES string of the molecule is Cc1cc(SCC(=O)C(C)(C)C)n2ncnc2n1. The van der Waals surface area contributed by atoms with Crippen LogP contribution in [-0.2, 0) is 4.79 Å². The molecule has 2 rings (SSSR count). The Morgan fingerprint density at radius 2 is 2.17 bits per heavy atom. The molecule has 0 N–H and O–H groups in total. The summed E-state index contributed by atoms with van der Waals surface area (Å²) in [5.74, 6) is 1.22. The number of Topliss-reactive ketones (excluding diaryl/α,β-unsaturated/α-hetero) is 1. The van der Waals surface area contributed by atoms with Crippen molar-refractivity contribution < 1.29 is 4.79 Å². The van der Waals surface area contributed by atoms with E-state index in [0.29, 0.717) is 11.5 Å². The number of ketones is 1. The van der Waals surface area contributed by atoms with Gasteiger partial charge in [-0.05, 0) is 13.0 Å². The molecule has 0 atom stereocenters. The molecular weight excluding hydrogens is 248 g/mol. The maximum Gasteiger partial charge on any atom is 0.253 e. The molecule has 0 aliphatic rings. The first-order chi connectivity index (χ1) is 8.38. The lowest BCUT2D eigenvalue weighted by Gasteiger charge is -2.16. The van der Waals surface area contributed by atoms with Crippen molar-refractivity contribution in [2.45, 2.75) is 32.7 Å². The number of hydrogen-bond acceptors (Lipinski definition) is 5. The van der Waals surface area contributed by atoms with E-state index in [1.54, 1.807) is 4.52 Å². The third kappa shape index (κ3) is 2.69. The van der Waals surface area contributed by atoms with Gasteiger partial charge in [0.15, 0.2) is 0 Å². The van der Waals surface area contributed by atoms with Gasteiger partial charge in [0.25, 0.3) is 5.78 Å². The van der Waals surface area contributed by atoms with Crippen LogP contribution in [0.1, 0.15) is 26.5 Å². The van der Waals surface area contributed by atoms with Crippen LogP contribution < -0.4 is 0 Å². The second kappa shape index (κ2) is 4.68. The van der Waals surface area contributed by atoms with Gasteiger partial charge in [0.2, 0.25) is 0 Å². The van der Waals surface area contributed by atoms with Crippen LogP contribution in [0.4, 0.5) is 0 Å². The molecule has 0 saturated heterocycles. The summed E-state index contributed by atoms with van der Waals surface area (Å²) in [5, 5.41) is 5.01. The molecular formula is C12H16N4OS. The molecule has 0 radical (unpaired) electrons. The van der Waals surface area contributed by atoms with E-state index < -0.39 is 0 Å². The van der Waals surface area contributed by atoms with Crippen LogP contribution in [-0.4, -0.2) is 31.1 Å². The largest absolute Gasteiger partial charge is 0.298 e. The smallest absolute Gasteiger partial charge is 0.253 e. The number of nitrogens with zero attached hydrogens (tertiary/aromatic N) is 4. The topological polar surface area (TPSA) is 60.2 Å².